The second kappa shape index (κ2) is 17.1. The average Bonchev–Trinajstić information content (AvgIpc) is 3.26. The molecule has 0 aliphatic heterocycles. The Morgan fingerprint density at radius 1 is 0.917 bits per heavy atom. The number of ether oxygens (including phenoxy) is 3. The summed E-state index contributed by atoms with van der Waals surface area (Å²) in [6.07, 6.45) is 12.0. The van der Waals surface area contributed by atoms with Crippen molar-refractivity contribution in [1.82, 2.24) is 19.5 Å². The Kier molecular flexibility index (Phi) is 14.1. The number of hydrogen-bond acceptors (Lipinski definition) is 9. The molecule has 0 saturated carbocycles. The highest BCUT2D eigenvalue weighted by Gasteiger charge is 2.18. The molecular weight excluding hydrogens is 486 g/mol. The van der Waals surface area contributed by atoms with Gasteiger partial charge in [-0.25, -0.2) is 4.98 Å². The molecule has 0 unspecified atom stereocenters. The third kappa shape index (κ3) is 11.1. The Hall–Kier alpha value is -2.46. The third-order valence-corrected chi connectivity index (χ3v) is 5.98. The number of nitrogens with two attached hydrogens (primary N) is 1. The van der Waals surface area contributed by atoms with Crippen LogP contribution in [0.25, 0.3) is 11.2 Å². The summed E-state index contributed by atoms with van der Waals surface area (Å²) in [5, 5.41) is 0.147. The SMILES string of the molecule is CCCCCCCC(=O)OCC(COC(=O)CCCCCCC)OCn1cnc2c(Cl)nc(N)nc21. The van der Waals surface area contributed by atoms with Crippen molar-refractivity contribution in [3.8, 4) is 0 Å². The molecule has 11 heteroatoms. The summed E-state index contributed by atoms with van der Waals surface area (Å²) in [5.41, 5.74) is 6.51. The molecular formula is C25H40ClN5O5. The Balaban J connectivity index is 1.88. The largest absolute Gasteiger partial charge is 0.463 e. The maximum atomic E-state index is 12.2. The summed E-state index contributed by atoms with van der Waals surface area (Å²) in [4.78, 5) is 36.6. The number of rotatable bonds is 19. The van der Waals surface area contributed by atoms with Gasteiger partial charge >= 0.3 is 11.9 Å². The number of carbonyl (C=O) groups is 2. The molecule has 2 aromatic rings. The molecule has 0 aliphatic rings. The molecule has 0 bridgehead atoms. The van der Waals surface area contributed by atoms with Crippen molar-refractivity contribution in [3.63, 3.8) is 0 Å². The van der Waals surface area contributed by atoms with Gasteiger partial charge in [0.15, 0.2) is 10.8 Å². The maximum absolute atomic E-state index is 12.2. The van der Waals surface area contributed by atoms with Crippen LogP contribution in [0.3, 0.4) is 0 Å². The minimum Gasteiger partial charge on any atom is -0.463 e. The second-order valence-corrected chi connectivity index (χ2v) is 9.23. The summed E-state index contributed by atoms with van der Waals surface area (Å²) in [5.74, 6) is -0.558. The summed E-state index contributed by atoms with van der Waals surface area (Å²) < 4.78 is 18.4. The number of imidazole rings is 1. The molecule has 0 aromatic carbocycles. The first-order valence-electron chi connectivity index (χ1n) is 13.0. The standard InChI is InChI=1S/C25H40ClN5O5/c1-3-5-7-9-11-13-20(32)34-15-19(16-35-21(33)14-12-10-8-6-4-2)36-18-31-17-28-22-23(26)29-25(27)30-24(22)31/h17,19H,3-16,18H2,1-2H3,(H2,27,29,30). The highest BCUT2D eigenvalue weighted by atomic mass is 35.5. The molecule has 0 spiro atoms. The van der Waals surface area contributed by atoms with Gasteiger partial charge in [-0.3, -0.25) is 14.2 Å². The van der Waals surface area contributed by atoms with Crippen molar-refractivity contribution in [2.24, 2.45) is 0 Å². The van der Waals surface area contributed by atoms with E-state index in [1.807, 2.05) is 0 Å². The maximum Gasteiger partial charge on any atom is 0.305 e. The topological polar surface area (TPSA) is 131 Å². The van der Waals surface area contributed by atoms with Gasteiger partial charge in [0, 0.05) is 12.8 Å². The van der Waals surface area contributed by atoms with Crippen LogP contribution < -0.4 is 5.73 Å². The lowest BCUT2D eigenvalue weighted by atomic mass is 10.1. The van der Waals surface area contributed by atoms with Gasteiger partial charge < -0.3 is 19.9 Å². The van der Waals surface area contributed by atoms with Gasteiger partial charge in [-0.05, 0) is 12.8 Å². The monoisotopic (exact) mass is 525 g/mol. The number of anilines is 1. The van der Waals surface area contributed by atoms with Crippen LogP contribution in [0.4, 0.5) is 5.95 Å². The van der Waals surface area contributed by atoms with E-state index in [-0.39, 0.29) is 43.0 Å². The normalized spacial score (nSPS) is 11.3. The smallest absolute Gasteiger partial charge is 0.305 e. The quantitative estimate of drug-likeness (QED) is 0.149. The number of nitrogens with zero attached hydrogens (tertiary/aromatic N) is 4. The Morgan fingerprint density at radius 3 is 2.03 bits per heavy atom. The minimum atomic E-state index is -0.648. The lowest BCUT2D eigenvalue weighted by Crippen LogP contribution is -2.29. The summed E-state index contributed by atoms with van der Waals surface area (Å²) in [7, 11) is 0. The summed E-state index contributed by atoms with van der Waals surface area (Å²) in [6.45, 7) is 4.27. The predicted octanol–water partition coefficient (Wildman–Crippen LogP) is 5.21. The van der Waals surface area contributed by atoms with Gasteiger partial charge in [-0.15, -0.1) is 0 Å². The Morgan fingerprint density at radius 2 is 1.47 bits per heavy atom. The zero-order valence-corrected chi connectivity index (χ0v) is 22.3. The molecule has 0 radical (unpaired) electrons. The third-order valence-electron chi connectivity index (χ3n) is 5.72. The highest BCUT2D eigenvalue weighted by Crippen LogP contribution is 2.19. The number of aromatic nitrogens is 4. The minimum absolute atomic E-state index is 0.0199. The van der Waals surface area contributed by atoms with Crippen molar-refractivity contribution in [2.45, 2.75) is 104 Å². The second-order valence-electron chi connectivity index (χ2n) is 8.87. The van der Waals surface area contributed by atoms with Crippen LogP contribution in [0.5, 0.6) is 0 Å². The molecule has 0 aliphatic carbocycles. The average molecular weight is 526 g/mol. The molecule has 2 rings (SSSR count). The van der Waals surface area contributed by atoms with Crippen molar-refractivity contribution in [3.05, 3.63) is 11.5 Å². The van der Waals surface area contributed by atoms with E-state index in [1.54, 1.807) is 4.57 Å². The number of esters is 2. The molecule has 2 aromatic heterocycles. The van der Waals surface area contributed by atoms with Gasteiger partial charge in [0.05, 0.1) is 6.33 Å². The van der Waals surface area contributed by atoms with E-state index in [2.05, 4.69) is 28.8 Å². The zero-order chi connectivity index (χ0) is 26.2. The first-order valence-corrected chi connectivity index (χ1v) is 13.4. The van der Waals surface area contributed by atoms with E-state index < -0.39 is 6.10 Å². The van der Waals surface area contributed by atoms with E-state index in [0.29, 0.717) is 24.0 Å². The van der Waals surface area contributed by atoms with Crippen LogP contribution in [0.2, 0.25) is 5.15 Å². The molecule has 202 valence electrons. The van der Waals surface area contributed by atoms with Crippen molar-refractivity contribution in [2.75, 3.05) is 18.9 Å². The van der Waals surface area contributed by atoms with E-state index in [1.165, 1.54) is 19.2 Å². The Bertz CT molecular complexity index is 909. The van der Waals surface area contributed by atoms with E-state index in [0.717, 1.165) is 51.4 Å². The summed E-state index contributed by atoms with van der Waals surface area (Å²) >= 11 is 6.08. The van der Waals surface area contributed by atoms with Crippen LogP contribution in [0.1, 0.15) is 90.9 Å². The van der Waals surface area contributed by atoms with Gasteiger partial charge in [-0.2, -0.15) is 9.97 Å². The Labute approximate surface area is 218 Å². The lowest BCUT2D eigenvalue weighted by Gasteiger charge is -2.18. The highest BCUT2D eigenvalue weighted by molar-refractivity contribution is 6.33. The van der Waals surface area contributed by atoms with Gasteiger partial charge in [0.2, 0.25) is 5.95 Å². The zero-order valence-electron chi connectivity index (χ0n) is 21.5. The first kappa shape index (κ1) is 29.8. The predicted molar refractivity (Wildman–Crippen MR) is 138 cm³/mol. The molecule has 0 fully saturated rings. The molecule has 0 amide bonds. The fourth-order valence-corrected chi connectivity index (χ4v) is 3.83. The number of hydrogen-bond donors (Lipinski definition) is 1. The van der Waals surface area contributed by atoms with E-state index >= 15 is 0 Å². The number of unbranched alkanes of at least 4 members (excludes halogenated alkanes) is 8. The number of carbonyl (C=O) groups excluding carboxylic acids is 2. The van der Waals surface area contributed by atoms with Crippen molar-refractivity contribution < 1.29 is 23.8 Å². The summed E-state index contributed by atoms with van der Waals surface area (Å²) in [6, 6.07) is 0. The fourth-order valence-electron chi connectivity index (χ4n) is 3.61. The molecule has 36 heavy (non-hydrogen) atoms. The first-order chi connectivity index (χ1) is 17.4. The van der Waals surface area contributed by atoms with Gasteiger partial charge in [-0.1, -0.05) is 76.8 Å². The van der Waals surface area contributed by atoms with Crippen molar-refractivity contribution in [1.29, 1.82) is 0 Å². The van der Waals surface area contributed by atoms with E-state index in [4.69, 9.17) is 31.5 Å². The van der Waals surface area contributed by atoms with E-state index in [9.17, 15) is 9.59 Å². The van der Waals surface area contributed by atoms with Crippen molar-refractivity contribution >= 4 is 40.7 Å². The van der Waals surface area contributed by atoms with Gasteiger partial charge in [0.1, 0.15) is 31.6 Å². The molecule has 10 nitrogen and oxygen atoms in total. The molecule has 0 atom stereocenters. The van der Waals surface area contributed by atoms with Gasteiger partial charge in [0.25, 0.3) is 0 Å². The van der Waals surface area contributed by atoms with Crippen LogP contribution in [-0.4, -0.2) is 50.8 Å². The number of halogens is 1. The van der Waals surface area contributed by atoms with Crippen LogP contribution in [0, 0.1) is 0 Å². The lowest BCUT2D eigenvalue weighted by molar-refractivity contribution is -0.157. The number of fused-ring (bicyclic) bond motifs is 1. The fraction of sp³-hybridized carbons (Fsp3) is 0.720. The van der Waals surface area contributed by atoms with Crippen LogP contribution >= 0.6 is 11.6 Å². The van der Waals surface area contributed by atoms with Crippen LogP contribution in [0.15, 0.2) is 6.33 Å². The van der Waals surface area contributed by atoms with Crippen LogP contribution in [-0.2, 0) is 30.5 Å². The number of nitrogen functional groups attached to an aromatic ring is 1. The molecule has 0 saturated heterocycles. The molecule has 2 N–H and O–H groups in total. The molecule has 2 heterocycles.